The second-order valence-electron chi connectivity index (χ2n) is 9.70. The van der Waals surface area contributed by atoms with E-state index in [1.165, 1.54) is 109 Å². The Morgan fingerprint density at radius 2 is 1.03 bits per heavy atom. The molecular formula is C30H60O4. The van der Waals surface area contributed by atoms with Gasteiger partial charge in [0.15, 0.2) is 13.1 Å². The Bertz CT molecular complexity index is 374. The van der Waals surface area contributed by atoms with Gasteiger partial charge in [-0.2, -0.15) is 0 Å². The van der Waals surface area contributed by atoms with Gasteiger partial charge in [0.05, 0.1) is 6.26 Å². The maximum absolute atomic E-state index is 6.03. The van der Waals surface area contributed by atoms with Crippen molar-refractivity contribution in [1.82, 2.24) is 0 Å². The van der Waals surface area contributed by atoms with E-state index in [9.17, 15) is 0 Å². The fraction of sp³-hybridized carbons (Fsp3) is 0.933. The lowest BCUT2D eigenvalue weighted by Gasteiger charge is -2.18. The summed E-state index contributed by atoms with van der Waals surface area (Å²) in [7, 11) is 1.64. The Morgan fingerprint density at radius 3 is 1.50 bits per heavy atom. The van der Waals surface area contributed by atoms with E-state index in [1.54, 1.807) is 13.4 Å². The zero-order chi connectivity index (χ0) is 24.8. The molecule has 0 spiro atoms. The summed E-state index contributed by atoms with van der Waals surface area (Å²) in [6.07, 6.45) is 31.1. The molecule has 0 saturated heterocycles. The molecule has 0 unspecified atom stereocenters. The van der Waals surface area contributed by atoms with Crippen molar-refractivity contribution in [2.75, 3.05) is 27.1 Å². The highest BCUT2D eigenvalue weighted by molar-refractivity contribution is 4.72. The summed E-state index contributed by atoms with van der Waals surface area (Å²) in [5.74, 6) is 0. The van der Waals surface area contributed by atoms with Crippen molar-refractivity contribution >= 4 is 0 Å². The molecule has 0 heterocycles. The normalized spacial score (nSPS) is 11.8. The number of unbranched alkanes of at least 4 members (excludes halogenated alkanes) is 17. The average Bonchev–Trinajstić information content (AvgIpc) is 2.85. The van der Waals surface area contributed by atoms with Gasteiger partial charge in [0, 0.05) is 20.3 Å². The number of allylic oxidation sites excluding steroid dienone is 1. The predicted octanol–water partition coefficient (Wildman–Crippen LogP) is 9.71. The number of hydrogen-bond acceptors (Lipinski definition) is 4. The molecular weight excluding hydrogens is 424 g/mol. The third kappa shape index (κ3) is 27.7. The molecule has 0 aliphatic rings. The minimum absolute atomic E-state index is 0.0279. The van der Waals surface area contributed by atoms with E-state index in [-0.39, 0.29) is 6.29 Å². The van der Waals surface area contributed by atoms with Crippen LogP contribution in [0.1, 0.15) is 149 Å². The van der Waals surface area contributed by atoms with E-state index in [2.05, 4.69) is 19.9 Å². The van der Waals surface area contributed by atoms with Crippen molar-refractivity contribution in [3.8, 4) is 0 Å². The van der Waals surface area contributed by atoms with Crippen LogP contribution >= 0.6 is 0 Å². The molecule has 0 amide bonds. The second kappa shape index (κ2) is 30.5. The molecule has 0 saturated carbocycles. The van der Waals surface area contributed by atoms with Gasteiger partial charge in [-0.05, 0) is 44.6 Å². The predicted molar refractivity (Wildman–Crippen MR) is 146 cm³/mol. The molecule has 0 fully saturated rings. The second-order valence-corrected chi connectivity index (χ2v) is 9.70. The van der Waals surface area contributed by atoms with Crippen LogP contribution < -0.4 is 0 Å². The molecule has 0 aromatic carbocycles. The summed E-state index contributed by atoms with van der Waals surface area (Å²) in [4.78, 5) is 0. The summed E-state index contributed by atoms with van der Waals surface area (Å²) in [6, 6.07) is 0. The molecule has 4 heteroatoms. The van der Waals surface area contributed by atoms with Crippen LogP contribution in [-0.2, 0) is 18.9 Å². The van der Waals surface area contributed by atoms with Gasteiger partial charge in [-0.15, -0.1) is 0 Å². The quantitative estimate of drug-likeness (QED) is 0.0601. The van der Waals surface area contributed by atoms with E-state index >= 15 is 0 Å². The van der Waals surface area contributed by atoms with Crippen molar-refractivity contribution in [2.45, 2.75) is 155 Å². The first-order valence-corrected chi connectivity index (χ1v) is 14.8. The molecule has 34 heavy (non-hydrogen) atoms. The van der Waals surface area contributed by atoms with Crippen LogP contribution in [0.4, 0.5) is 0 Å². The van der Waals surface area contributed by atoms with Crippen molar-refractivity contribution in [1.29, 1.82) is 0 Å². The molecule has 204 valence electrons. The Hall–Kier alpha value is -0.580. The summed E-state index contributed by atoms with van der Waals surface area (Å²) >= 11 is 0. The molecule has 0 atom stereocenters. The molecule has 0 aromatic rings. The van der Waals surface area contributed by atoms with E-state index in [4.69, 9.17) is 18.9 Å². The van der Waals surface area contributed by atoms with Crippen LogP contribution in [-0.4, -0.2) is 33.4 Å². The Balaban J connectivity index is 3.44. The van der Waals surface area contributed by atoms with Gasteiger partial charge in [0.2, 0.25) is 0 Å². The number of hydrogen-bond donors (Lipinski definition) is 0. The van der Waals surface area contributed by atoms with Gasteiger partial charge < -0.3 is 18.9 Å². The Morgan fingerprint density at radius 1 is 0.559 bits per heavy atom. The summed E-state index contributed by atoms with van der Waals surface area (Å²) in [6.45, 7) is 6.54. The monoisotopic (exact) mass is 484 g/mol. The zero-order valence-electron chi connectivity index (χ0n) is 23.3. The first-order valence-electron chi connectivity index (χ1n) is 14.8. The standard InChI is InChI=1S/C30H60O4/c1-4-6-22-27-33-30(34-28-23-7-5-2)25-21-19-17-15-13-11-9-8-10-12-14-16-18-20-24-26-32-29-31-3/h24,26,30H,4-23,25,27-29H2,1-3H3. The van der Waals surface area contributed by atoms with E-state index in [0.717, 1.165) is 38.9 Å². The molecule has 0 aromatic heterocycles. The molecule has 0 rings (SSSR count). The maximum atomic E-state index is 6.03. The van der Waals surface area contributed by atoms with Gasteiger partial charge in [-0.1, -0.05) is 110 Å². The fourth-order valence-corrected chi connectivity index (χ4v) is 4.11. The highest BCUT2D eigenvalue weighted by Crippen LogP contribution is 2.15. The van der Waals surface area contributed by atoms with Crippen LogP contribution in [0.15, 0.2) is 12.3 Å². The van der Waals surface area contributed by atoms with Gasteiger partial charge >= 0.3 is 0 Å². The number of rotatable bonds is 29. The molecule has 0 N–H and O–H groups in total. The molecule has 0 aliphatic carbocycles. The smallest absolute Gasteiger partial charge is 0.187 e. The van der Waals surface area contributed by atoms with Crippen molar-refractivity contribution < 1.29 is 18.9 Å². The first-order chi connectivity index (χ1) is 16.8. The van der Waals surface area contributed by atoms with Crippen LogP contribution in [0.3, 0.4) is 0 Å². The largest absolute Gasteiger partial charge is 0.476 e. The SMILES string of the molecule is CCCCCOC(CCCCCCCCCCCCCCCC=COCOC)OCCCCC. The number of ether oxygens (including phenoxy) is 4. The van der Waals surface area contributed by atoms with E-state index < -0.39 is 0 Å². The van der Waals surface area contributed by atoms with Gasteiger partial charge in [0.1, 0.15) is 0 Å². The van der Waals surface area contributed by atoms with E-state index in [1.807, 2.05) is 0 Å². The molecule has 4 nitrogen and oxygen atoms in total. The molecule has 0 bridgehead atoms. The minimum Gasteiger partial charge on any atom is -0.476 e. The third-order valence-corrected chi connectivity index (χ3v) is 6.29. The fourth-order valence-electron chi connectivity index (χ4n) is 4.11. The lowest BCUT2D eigenvalue weighted by Crippen LogP contribution is -2.19. The molecule has 0 radical (unpaired) electrons. The zero-order valence-corrected chi connectivity index (χ0v) is 23.3. The van der Waals surface area contributed by atoms with Crippen molar-refractivity contribution in [3.63, 3.8) is 0 Å². The first kappa shape index (κ1) is 33.4. The van der Waals surface area contributed by atoms with Crippen LogP contribution in [0.5, 0.6) is 0 Å². The summed E-state index contributed by atoms with van der Waals surface area (Å²) in [5.41, 5.74) is 0. The van der Waals surface area contributed by atoms with Gasteiger partial charge in [0.25, 0.3) is 0 Å². The van der Waals surface area contributed by atoms with Crippen molar-refractivity contribution in [2.24, 2.45) is 0 Å². The molecule has 0 aliphatic heterocycles. The van der Waals surface area contributed by atoms with Gasteiger partial charge in [-0.25, -0.2) is 0 Å². The lowest BCUT2D eigenvalue weighted by atomic mass is 10.0. The van der Waals surface area contributed by atoms with Gasteiger partial charge in [-0.3, -0.25) is 0 Å². The minimum atomic E-state index is 0.0279. The van der Waals surface area contributed by atoms with Crippen LogP contribution in [0.2, 0.25) is 0 Å². The Kier molecular flexibility index (Phi) is 29.9. The van der Waals surface area contributed by atoms with Crippen LogP contribution in [0, 0.1) is 0 Å². The highest BCUT2D eigenvalue weighted by Gasteiger charge is 2.09. The summed E-state index contributed by atoms with van der Waals surface area (Å²) in [5, 5.41) is 0. The lowest BCUT2D eigenvalue weighted by molar-refractivity contribution is -0.148. The topological polar surface area (TPSA) is 36.9 Å². The maximum Gasteiger partial charge on any atom is 0.187 e. The Labute approximate surface area is 213 Å². The highest BCUT2D eigenvalue weighted by atomic mass is 16.7. The summed E-state index contributed by atoms with van der Waals surface area (Å²) < 4.78 is 22.0. The van der Waals surface area contributed by atoms with Crippen LogP contribution in [0.25, 0.3) is 0 Å². The average molecular weight is 485 g/mol. The third-order valence-electron chi connectivity index (χ3n) is 6.29. The van der Waals surface area contributed by atoms with Crippen molar-refractivity contribution in [3.05, 3.63) is 12.3 Å². The van der Waals surface area contributed by atoms with E-state index in [0.29, 0.717) is 6.79 Å². The number of methoxy groups -OCH3 is 1.